The van der Waals surface area contributed by atoms with Gasteiger partial charge in [0.05, 0.1) is 17.3 Å². The van der Waals surface area contributed by atoms with Gasteiger partial charge >= 0.3 is 5.97 Å². The summed E-state index contributed by atoms with van der Waals surface area (Å²) in [6, 6.07) is 5.49. The lowest BCUT2D eigenvalue weighted by atomic mass is 10.2. The van der Waals surface area contributed by atoms with Crippen LogP contribution in [-0.4, -0.2) is 18.2 Å². The lowest BCUT2D eigenvalue weighted by Gasteiger charge is -2.07. The lowest BCUT2D eigenvalue weighted by molar-refractivity contribution is 0.0470. The van der Waals surface area contributed by atoms with E-state index in [1.807, 2.05) is 18.2 Å². The van der Waals surface area contributed by atoms with Crippen molar-refractivity contribution in [1.82, 2.24) is 5.16 Å². The molecule has 1 aromatic carbocycles. The molecule has 1 heterocycles. The third-order valence-corrected chi connectivity index (χ3v) is 3.44. The number of aromatic nitrogens is 1. The molecule has 0 atom stereocenters. The molecule has 2 rings (SSSR count). The monoisotopic (exact) mass is 339 g/mol. The Balaban J connectivity index is 2.06. The Hall–Kier alpha value is -1.82. The van der Waals surface area contributed by atoms with Crippen LogP contribution >= 0.6 is 15.9 Å². The molecule has 0 amide bonds. The second kappa shape index (κ2) is 6.09. The maximum atomic E-state index is 12.0. The standard InChI is InChI=1S/C14H14BrNO4/c1-8-13(9(2)20-16-8)14(17)19-7-10-4-5-12(18-3)11(15)6-10/h4-6H,7H2,1-3H3. The van der Waals surface area contributed by atoms with Crippen molar-refractivity contribution >= 4 is 21.9 Å². The molecule has 2 aromatic rings. The number of rotatable bonds is 4. The van der Waals surface area contributed by atoms with E-state index in [1.165, 1.54) is 0 Å². The average Bonchev–Trinajstić information content (AvgIpc) is 2.76. The largest absolute Gasteiger partial charge is 0.496 e. The van der Waals surface area contributed by atoms with Crippen LogP contribution < -0.4 is 4.74 Å². The van der Waals surface area contributed by atoms with Crippen molar-refractivity contribution in [3.05, 3.63) is 45.3 Å². The van der Waals surface area contributed by atoms with Crippen molar-refractivity contribution in [3.63, 3.8) is 0 Å². The average molecular weight is 340 g/mol. The van der Waals surface area contributed by atoms with Gasteiger partial charge in [-0.1, -0.05) is 11.2 Å². The number of ether oxygens (including phenoxy) is 2. The molecule has 1 aromatic heterocycles. The summed E-state index contributed by atoms with van der Waals surface area (Å²) in [6.45, 7) is 3.56. The van der Waals surface area contributed by atoms with Gasteiger partial charge in [-0.05, 0) is 47.5 Å². The first-order valence-corrected chi connectivity index (χ1v) is 6.74. The van der Waals surface area contributed by atoms with E-state index in [0.717, 1.165) is 15.8 Å². The van der Waals surface area contributed by atoms with Gasteiger partial charge in [0, 0.05) is 0 Å². The Bertz CT molecular complexity index is 617. The minimum absolute atomic E-state index is 0.172. The molecular formula is C14H14BrNO4. The highest BCUT2D eigenvalue weighted by molar-refractivity contribution is 9.10. The van der Waals surface area contributed by atoms with Crippen LogP contribution in [0.3, 0.4) is 0 Å². The summed E-state index contributed by atoms with van der Waals surface area (Å²) in [7, 11) is 1.59. The summed E-state index contributed by atoms with van der Waals surface area (Å²) in [6.07, 6.45) is 0. The molecule has 0 saturated heterocycles. The lowest BCUT2D eigenvalue weighted by Crippen LogP contribution is -2.07. The maximum Gasteiger partial charge on any atom is 0.344 e. The molecule has 5 nitrogen and oxygen atoms in total. The first-order valence-electron chi connectivity index (χ1n) is 5.95. The van der Waals surface area contributed by atoms with Gasteiger partial charge in [0.2, 0.25) is 0 Å². The van der Waals surface area contributed by atoms with Gasteiger partial charge in [-0.25, -0.2) is 4.79 Å². The van der Waals surface area contributed by atoms with Crippen LogP contribution in [0.5, 0.6) is 5.75 Å². The van der Waals surface area contributed by atoms with Gasteiger partial charge < -0.3 is 14.0 Å². The van der Waals surface area contributed by atoms with Crippen LogP contribution in [0, 0.1) is 13.8 Å². The van der Waals surface area contributed by atoms with Gasteiger partial charge in [0.1, 0.15) is 23.7 Å². The van der Waals surface area contributed by atoms with Crippen LogP contribution in [0.4, 0.5) is 0 Å². The second-order valence-electron chi connectivity index (χ2n) is 4.24. The minimum atomic E-state index is -0.437. The fourth-order valence-electron chi connectivity index (χ4n) is 1.80. The van der Waals surface area contributed by atoms with Gasteiger partial charge in [-0.15, -0.1) is 0 Å². The highest BCUT2D eigenvalue weighted by Crippen LogP contribution is 2.26. The van der Waals surface area contributed by atoms with Crippen molar-refractivity contribution in [3.8, 4) is 5.75 Å². The number of methoxy groups -OCH3 is 1. The molecule has 0 aliphatic rings. The van der Waals surface area contributed by atoms with Crippen LogP contribution in [0.25, 0.3) is 0 Å². The molecule has 0 aliphatic carbocycles. The van der Waals surface area contributed by atoms with E-state index in [-0.39, 0.29) is 6.61 Å². The second-order valence-corrected chi connectivity index (χ2v) is 5.10. The van der Waals surface area contributed by atoms with Crippen molar-refractivity contribution in [1.29, 1.82) is 0 Å². The normalized spacial score (nSPS) is 10.4. The summed E-state index contributed by atoms with van der Waals surface area (Å²) in [5, 5.41) is 3.73. The van der Waals surface area contributed by atoms with Crippen molar-refractivity contribution in [2.24, 2.45) is 0 Å². The smallest absolute Gasteiger partial charge is 0.344 e. The zero-order chi connectivity index (χ0) is 14.7. The zero-order valence-corrected chi connectivity index (χ0v) is 13.0. The van der Waals surface area contributed by atoms with E-state index in [0.29, 0.717) is 17.0 Å². The van der Waals surface area contributed by atoms with E-state index in [2.05, 4.69) is 21.1 Å². The third kappa shape index (κ3) is 3.01. The van der Waals surface area contributed by atoms with Gasteiger partial charge in [0.25, 0.3) is 0 Å². The third-order valence-electron chi connectivity index (χ3n) is 2.82. The number of nitrogens with zero attached hydrogens (tertiary/aromatic N) is 1. The van der Waals surface area contributed by atoms with Crippen molar-refractivity contribution < 1.29 is 18.8 Å². The molecule has 0 radical (unpaired) electrons. The SMILES string of the molecule is COc1ccc(COC(=O)c2c(C)noc2C)cc1Br. The number of carbonyl (C=O) groups is 1. The van der Waals surface area contributed by atoms with Gasteiger partial charge in [0.15, 0.2) is 0 Å². The van der Waals surface area contributed by atoms with E-state index in [9.17, 15) is 4.79 Å². The van der Waals surface area contributed by atoms with Crippen LogP contribution in [-0.2, 0) is 11.3 Å². The van der Waals surface area contributed by atoms with Gasteiger partial charge in [-0.3, -0.25) is 0 Å². The molecular weight excluding hydrogens is 326 g/mol. The predicted octanol–water partition coefficient (Wildman–Crippen LogP) is 3.42. The minimum Gasteiger partial charge on any atom is -0.496 e. The first kappa shape index (κ1) is 14.6. The fraction of sp³-hybridized carbons (Fsp3) is 0.286. The number of carbonyl (C=O) groups excluding carboxylic acids is 1. The summed E-state index contributed by atoms with van der Waals surface area (Å²) >= 11 is 3.39. The Morgan fingerprint density at radius 3 is 2.70 bits per heavy atom. The topological polar surface area (TPSA) is 61.6 Å². The van der Waals surface area contributed by atoms with Crippen molar-refractivity contribution in [2.45, 2.75) is 20.5 Å². The molecule has 0 unspecified atom stereocenters. The molecule has 6 heteroatoms. The molecule has 0 spiro atoms. The Morgan fingerprint density at radius 2 is 2.15 bits per heavy atom. The fourth-order valence-corrected chi connectivity index (χ4v) is 2.38. The Kier molecular flexibility index (Phi) is 4.44. The molecule has 106 valence electrons. The number of hydrogen-bond acceptors (Lipinski definition) is 5. The summed E-state index contributed by atoms with van der Waals surface area (Å²) in [4.78, 5) is 12.0. The van der Waals surface area contributed by atoms with Gasteiger partial charge in [-0.2, -0.15) is 0 Å². The molecule has 0 fully saturated rings. The number of aryl methyl sites for hydroxylation is 2. The molecule has 0 bridgehead atoms. The molecule has 20 heavy (non-hydrogen) atoms. The summed E-state index contributed by atoms with van der Waals surface area (Å²) in [5.74, 6) is 0.752. The summed E-state index contributed by atoms with van der Waals surface area (Å²) in [5.41, 5.74) is 1.78. The predicted molar refractivity (Wildman–Crippen MR) is 75.8 cm³/mol. The zero-order valence-electron chi connectivity index (χ0n) is 11.4. The van der Waals surface area contributed by atoms with E-state index < -0.39 is 5.97 Å². The quantitative estimate of drug-likeness (QED) is 0.798. The van der Waals surface area contributed by atoms with Crippen LogP contribution in [0.1, 0.15) is 27.4 Å². The summed E-state index contributed by atoms with van der Waals surface area (Å²) < 4.78 is 16.2. The Morgan fingerprint density at radius 1 is 1.40 bits per heavy atom. The van der Waals surface area contributed by atoms with Crippen LogP contribution in [0.15, 0.2) is 27.2 Å². The van der Waals surface area contributed by atoms with Crippen molar-refractivity contribution in [2.75, 3.05) is 7.11 Å². The van der Waals surface area contributed by atoms with E-state index in [4.69, 9.17) is 14.0 Å². The molecule has 0 saturated carbocycles. The van der Waals surface area contributed by atoms with E-state index >= 15 is 0 Å². The number of halogens is 1. The first-order chi connectivity index (χ1) is 9.52. The number of esters is 1. The number of benzene rings is 1. The molecule has 0 N–H and O–H groups in total. The molecule has 0 aliphatic heterocycles. The highest BCUT2D eigenvalue weighted by Gasteiger charge is 2.19. The van der Waals surface area contributed by atoms with E-state index in [1.54, 1.807) is 21.0 Å². The maximum absolute atomic E-state index is 12.0. The van der Waals surface area contributed by atoms with Crippen LogP contribution in [0.2, 0.25) is 0 Å². The number of hydrogen-bond donors (Lipinski definition) is 0. The highest BCUT2D eigenvalue weighted by atomic mass is 79.9. The Labute approximate surface area is 125 Å².